The van der Waals surface area contributed by atoms with Crippen LogP contribution in [-0.2, 0) is 18.4 Å². The number of aliphatic hydroxyl groups is 1. The molecule has 0 aliphatic heterocycles. The van der Waals surface area contributed by atoms with Gasteiger partial charge in [-0.15, -0.1) is 0 Å². The van der Waals surface area contributed by atoms with E-state index in [9.17, 15) is 19.4 Å². The van der Waals surface area contributed by atoms with Crippen molar-refractivity contribution in [2.24, 2.45) is 0 Å². The number of hydrogen-bond donors (Lipinski definition) is 2. The standard InChI is InChI=1S/C65H121N2O6P/c1-6-8-10-12-14-16-18-20-22-24-26-27-28-29-30-31-32-33-34-35-36-37-38-39-41-42-44-46-48-50-52-54-56-58-64(68)63(62-73-74(70,71)72-61-60-67(3,4)5)66-65(69)59-57-55-53-51-49-47-45-43-40-25-23-21-19-17-15-13-11-9-7-2/h9,11,15,17,21,23,40,43,47,49,53,55,63-64,68H,6-8,10,12-14,16,18-20,22,24-39,41-42,44-46,48,50-52,54,56-62H2,1-5H3,(H-,66,69,70,71)/b11-9-,17-15-,23-21-,43-40-,49-47-,55-53-. The molecule has 0 fully saturated rings. The van der Waals surface area contributed by atoms with Crippen molar-refractivity contribution in [2.75, 3.05) is 40.9 Å². The average molecular weight is 1060 g/mol. The monoisotopic (exact) mass is 1060 g/mol. The summed E-state index contributed by atoms with van der Waals surface area (Å²) in [6, 6.07) is -0.847. The molecule has 0 rings (SSSR count). The second-order valence-electron chi connectivity index (χ2n) is 22.4. The van der Waals surface area contributed by atoms with Crippen LogP contribution in [0.5, 0.6) is 0 Å². The highest BCUT2D eigenvalue weighted by Crippen LogP contribution is 2.38. The van der Waals surface area contributed by atoms with Crippen LogP contribution in [0, 0.1) is 0 Å². The van der Waals surface area contributed by atoms with E-state index in [1.807, 2.05) is 33.3 Å². The van der Waals surface area contributed by atoms with Crippen LogP contribution >= 0.6 is 7.82 Å². The zero-order valence-corrected chi connectivity index (χ0v) is 50.2. The second kappa shape index (κ2) is 55.7. The van der Waals surface area contributed by atoms with Crippen molar-refractivity contribution in [2.45, 2.75) is 296 Å². The van der Waals surface area contributed by atoms with Crippen molar-refractivity contribution in [3.05, 3.63) is 72.9 Å². The summed E-state index contributed by atoms with van der Waals surface area (Å²) in [5.41, 5.74) is 0. The summed E-state index contributed by atoms with van der Waals surface area (Å²) in [7, 11) is 1.26. The molecule has 74 heavy (non-hydrogen) atoms. The molecule has 0 aliphatic carbocycles. The number of allylic oxidation sites excluding steroid dienone is 12. The molecule has 3 unspecified atom stereocenters. The summed E-state index contributed by atoms with van der Waals surface area (Å²) in [5.74, 6) is -0.245. The van der Waals surface area contributed by atoms with E-state index >= 15 is 0 Å². The van der Waals surface area contributed by atoms with E-state index in [2.05, 4.69) is 79.9 Å². The van der Waals surface area contributed by atoms with E-state index in [1.165, 1.54) is 193 Å². The lowest BCUT2D eigenvalue weighted by atomic mass is 10.0. The van der Waals surface area contributed by atoms with Crippen molar-refractivity contribution in [1.29, 1.82) is 0 Å². The van der Waals surface area contributed by atoms with Crippen LogP contribution in [0.4, 0.5) is 0 Å². The molecule has 0 saturated heterocycles. The van der Waals surface area contributed by atoms with E-state index in [1.54, 1.807) is 0 Å². The first kappa shape index (κ1) is 71.9. The molecule has 432 valence electrons. The van der Waals surface area contributed by atoms with Crippen LogP contribution in [0.15, 0.2) is 72.9 Å². The fourth-order valence-electron chi connectivity index (χ4n) is 9.13. The van der Waals surface area contributed by atoms with Crippen molar-refractivity contribution in [3.63, 3.8) is 0 Å². The molecular weight excluding hydrogens is 936 g/mol. The normalized spacial score (nSPS) is 14.3. The SMILES string of the molecule is CC/C=C\C/C=C\C/C=C\C/C=C\C/C=C\C/C=C\CCC(=O)NC(COP(=O)([O-])OCC[N+](C)(C)C)C(O)CCCCCCCCCCCCCCCCCCCCCCCCCCCCCCCCCCC. The molecule has 0 aromatic carbocycles. The molecule has 8 nitrogen and oxygen atoms in total. The molecule has 0 heterocycles. The number of rotatable bonds is 57. The Morgan fingerprint density at radius 3 is 1.12 bits per heavy atom. The van der Waals surface area contributed by atoms with Crippen LogP contribution in [-0.4, -0.2) is 68.5 Å². The van der Waals surface area contributed by atoms with E-state index in [-0.39, 0.29) is 25.5 Å². The third-order valence-electron chi connectivity index (χ3n) is 14.0. The van der Waals surface area contributed by atoms with Crippen molar-refractivity contribution in [1.82, 2.24) is 5.32 Å². The minimum absolute atomic E-state index is 0.00444. The summed E-state index contributed by atoms with van der Waals surface area (Å²) in [4.78, 5) is 25.5. The predicted molar refractivity (Wildman–Crippen MR) is 320 cm³/mol. The number of nitrogens with one attached hydrogen (secondary N) is 1. The third kappa shape index (κ3) is 57.6. The summed E-state index contributed by atoms with van der Waals surface area (Å²) in [6.45, 7) is 4.57. The molecule has 0 saturated carbocycles. The minimum Gasteiger partial charge on any atom is -0.756 e. The van der Waals surface area contributed by atoms with Gasteiger partial charge in [0, 0.05) is 6.42 Å². The second-order valence-corrected chi connectivity index (χ2v) is 23.8. The fourth-order valence-corrected chi connectivity index (χ4v) is 9.85. The molecule has 0 aromatic rings. The maximum absolute atomic E-state index is 12.9. The Morgan fingerprint density at radius 2 is 0.797 bits per heavy atom. The molecule has 2 N–H and O–H groups in total. The van der Waals surface area contributed by atoms with Gasteiger partial charge in [-0.2, -0.15) is 0 Å². The maximum atomic E-state index is 12.9. The van der Waals surface area contributed by atoms with Crippen LogP contribution in [0.2, 0.25) is 0 Å². The molecule has 1 amide bonds. The van der Waals surface area contributed by atoms with Gasteiger partial charge in [0.25, 0.3) is 7.82 Å². The molecule has 9 heteroatoms. The summed E-state index contributed by atoms with van der Waals surface area (Å²) in [6.07, 6.45) is 77.0. The number of carbonyl (C=O) groups excluding carboxylic acids is 1. The van der Waals surface area contributed by atoms with Gasteiger partial charge in [-0.3, -0.25) is 9.36 Å². The summed E-state index contributed by atoms with van der Waals surface area (Å²) < 4.78 is 23.4. The van der Waals surface area contributed by atoms with Crippen LogP contribution < -0.4 is 10.2 Å². The maximum Gasteiger partial charge on any atom is 0.268 e. The highest BCUT2D eigenvalue weighted by Gasteiger charge is 2.24. The third-order valence-corrected chi connectivity index (χ3v) is 14.9. The van der Waals surface area contributed by atoms with Gasteiger partial charge < -0.3 is 28.8 Å². The van der Waals surface area contributed by atoms with Gasteiger partial charge in [0.2, 0.25) is 5.91 Å². The van der Waals surface area contributed by atoms with Gasteiger partial charge >= 0.3 is 0 Å². The van der Waals surface area contributed by atoms with Gasteiger partial charge in [-0.05, 0) is 51.4 Å². The van der Waals surface area contributed by atoms with Crippen LogP contribution in [0.3, 0.4) is 0 Å². The Balaban J connectivity index is 4.10. The molecule has 0 aromatic heterocycles. The number of amides is 1. The Labute approximate surface area is 459 Å². The van der Waals surface area contributed by atoms with E-state index in [4.69, 9.17) is 9.05 Å². The Bertz CT molecular complexity index is 1430. The van der Waals surface area contributed by atoms with Gasteiger partial charge in [-0.25, -0.2) is 0 Å². The van der Waals surface area contributed by atoms with Crippen molar-refractivity contribution < 1.29 is 32.9 Å². The molecular formula is C65H121N2O6P. The average Bonchev–Trinajstić information content (AvgIpc) is 3.36. The Kier molecular flexibility index (Phi) is 54.1. The molecule has 0 bridgehead atoms. The zero-order chi connectivity index (χ0) is 54.2. The number of quaternary nitrogens is 1. The van der Waals surface area contributed by atoms with Gasteiger partial charge in [0.1, 0.15) is 13.2 Å². The number of phosphoric ester groups is 1. The fraction of sp³-hybridized carbons (Fsp3) is 0.800. The Morgan fingerprint density at radius 1 is 0.486 bits per heavy atom. The minimum atomic E-state index is -4.60. The summed E-state index contributed by atoms with van der Waals surface area (Å²) in [5, 5.41) is 14.0. The quantitative estimate of drug-likeness (QED) is 0.0272. The number of nitrogens with zero attached hydrogens (tertiary/aromatic N) is 1. The number of carbonyl (C=O) groups is 1. The van der Waals surface area contributed by atoms with E-state index in [0.717, 1.165) is 57.8 Å². The lowest BCUT2D eigenvalue weighted by molar-refractivity contribution is -0.870. The first-order chi connectivity index (χ1) is 36.0. The number of unbranched alkanes of at least 4 members (excludes halogenated alkanes) is 32. The largest absolute Gasteiger partial charge is 0.756 e. The van der Waals surface area contributed by atoms with Crippen molar-refractivity contribution in [3.8, 4) is 0 Å². The molecule has 0 radical (unpaired) electrons. The lowest BCUT2D eigenvalue weighted by Gasteiger charge is -2.30. The molecule has 3 atom stereocenters. The number of likely N-dealkylation sites (N-methyl/N-ethyl adjacent to an activating group) is 1. The first-order valence-corrected chi connectivity index (χ1v) is 32.7. The predicted octanol–water partition coefficient (Wildman–Crippen LogP) is 18.8. The van der Waals surface area contributed by atoms with Crippen LogP contribution in [0.25, 0.3) is 0 Å². The Hall–Kier alpha value is -2.06. The number of hydrogen-bond acceptors (Lipinski definition) is 6. The topological polar surface area (TPSA) is 108 Å². The molecule has 0 aliphatic rings. The summed E-state index contributed by atoms with van der Waals surface area (Å²) >= 11 is 0. The van der Waals surface area contributed by atoms with Crippen molar-refractivity contribution >= 4 is 13.7 Å². The highest BCUT2D eigenvalue weighted by atomic mass is 31.2. The van der Waals surface area contributed by atoms with E-state index in [0.29, 0.717) is 23.9 Å². The highest BCUT2D eigenvalue weighted by molar-refractivity contribution is 7.45. The lowest BCUT2D eigenvalue weighted by Crippen LogP contribution is -2.46. The van der Waals surface area contributed by atoms with Gasteiger partial charge in [0.05, 0.1) is 39.9 Å². The first-order valence-electron chi connectivity index (χ1n) is 31.3. The molecule has 0 spiro atoms. The van der Waals surface area contributed by atoms with Crippen LogP contribution in [0.1, 0.15) is 284 Å². The van der Waals surface area contributed by atoms with Gasteiger partial charge in [0.15, 0.2) is 0 Å². The number of aliphatic hydroxyl groups excluding tert-OH is 1. The number of phosphoric acid groups is 1. The smallest absolute Gasteiger partial charge is 0.268 e. The zero-order valence-electron chi connectivity index (χ0n) is 49.3. The van der Waals surface area contributed by atoms with E-state index < -0.39 is 20.0 Å². The van der Waals surface area contributed by atoms with Gasteiger partial charge in [-0.1, -0.05) is 299 Å².